The van der Waals surface area contributed by atoms with Gasteiger partial charge < -0.3 is 10.2 Å². The molecule has 0 saturated carbocycles. The molecule has 5 nitrogen and oxygen atoms in total. The zero-order chi connectivity index (χ0) is 15.5. The molecule has 0 bridgehead atoms. The molecule has 1 N–H and O–H groups in total. The number of amides is 1. The summed E-state index contributed by atoms with van der Waals surface area (Å²) >= 11 is 0. The number of rotatable bonds is 3. The standard InChI is InChI=1S/C17H20N4O/c1-12-5-6-14(13(2)9-12)20-17(22)15-10-19-16(11-18-15)21-7-3-4-8-21/h5-6,9-11H,3-4,7-8H2,1-2H3,(H,20,22). The second kappa shape index (κ2) is 6.13. The highest BCUT2D eigenvalue weighted by Gasteiger charge is 2.15. The van der Waals surface area contributed by atoms with E-state index < -0.39 is 0 Å². The lowest BCUT2D eigenvalue weighted by Gasteiger charge is -2.15. The van der Waals surface area contributed by atoms with Crippen LogP contribution in [0.3, 0.4) is 0 Å². The largest absolute Gasteiger partial charge is 0.355 e. The van der Waals surface area contributed by atoms with Crippen LogP contribution in [-0.2, 0) is 0 Å². The Labute approximate surface area is 130 Å². The van der Waals surface area contributed by atoms with Crippen molar-refractivity contribution in [3.05, 3.63) is 47.4 Å². The summed E-state index contributed by atoms with van der Waals surface area (Å²) < 4.78 is 0. The topological polar surface area (TPSA) is 58.1 Å². The first-order valence-electron chi connectivity index (χ1n) is 7.59. The first-order valence-corrected chi connectivity index (χ1v) is 7.59. The molecular formula is C17H20N4O. The van der Waals surface area contributed by atoms with Gasteiger partial charge in [0.1, 0.15) is 11.5 Å². The molecule has 5 heteroatoms. The number of aromatic nitrogens is 2. The Balaban J connectivity index is 1.71. The van der Waals surface area contributed by atoms with E-state index in [1.165, 1.54) is 18.4 Å². The van der Waals surface area contributed by atoms with Gasteiger partial charge in [-0.15, -0.1) is 0 Å². The van der Waals surface area contributed by atoms with Gasteiger partial charge in [-0.1, -0.05) is 17.7 Å². The van der Waals surface area contributed by atoms with E-state index in [0.29, 0.717) is 5.69 Å². The number of nitrogens with zero attached hydrogens (tertiary/aromatic N) is 3. The highest BCUT2D eigenvalue weighted by Crippen LogP contribution is 2.18. The number of benzene rings is 1. The summed E-state index contributed by atoms with van der Waals surface area (Å²) in [6.45, 7) is 6.04. The molecule has 0 radical (unpaired) electrons. The summed E-state index contributed by atoms with van der Waals surface area (Å²) in [6.07, 6.45) is 5.61. The van der Waals surface area contributed by atoms with Crippen molar-refractivity contribution in [2.24, 2.45) is 0 Å². The van der Waals surface area contributed by atoms with E-state index in [4.69, 9.17) is 0 Å². The Morgan fingerprint density at radius 3 is 2.55 bits per heavy atom. The summed E-state index contributed by atoms with van der Waals surface area (Å²) in [6, 6.07) is 5.93. The van der Waals surface area contributed by atoms with Crippen molar-refractivity contribution in [2.45, 2.75) is 26.7 Å². The van der Waals surface area contributed by atoms with Crippen molar-refractivity contribution in [3.8, 4) is 0 Å². The minimum absolute atomic E-state index is 0.229. The number of carbonyl (C=O) groups is 1. The van der Waals surface area contributed by atoms with Crippen molar-refractivity contribution in [1.82, 2.24) is 9.97 Å². The Bertz CT molecular complexity index is 676. The Morgan fingerprint density at radius 1 is 1.14 bits per heavy atom. The van der Waals surface area contributed by atoms with Crippen LogP contribution in [0.5, 0.6) is 0 Å². The summed E-state index contributed by atoms with van der Waals surface area (Å²) in [5.74, 6) is 0.619. The van der Waals surface area contributed by atoms with Gasteiger partial charge in [0.25, 0.3) is 5.91 Å². The van der Waals surface area contributed by atoms with Gasteiger partial charge in [0, 0.05) is 18.8 Å². The van der Waals surface area contributed by atoms with Crippen LogP contribution < -0.4 is 10.2 Å². The fraction of sp³-hybridized carbons (Fsp3) is 0.353. The lowest BCUT2D eigenvalue weighted by molar-refractivity contribution is 0.102. The zero-order valence-corrected chi connectivity index (χ0v) is 13.0. The van der Waals surface area contributed by atoms with E-state index in [-0.39, 0.29) is 5.91 Å². The normalized spacial score (nSPS) is 14.2. The molecule has 1 aromatic carbocycles. The van der Waals surface area contributed by atoms with Crippen LogP contribution in [0.25, 0.3) is 0 Å². The highest BCUT2D eigenvalue weighted by molar-refractivity contribution is 6.03. The molecule has 114 valence electrons. The van der Waals surface area contributed by atoms with Crippen LogP contribution in [0.4, 0.5) is 11.5 Å². The van der Waals surface area contributed by atoms with Gasteiger partial charge in [-0.25, -0.2) is 9.97 Å². The fourth-order valence-corrected chi connectivity index (χ4v) is 2.69. The molecule has 3 rings (SSSR count). The molecule has 0 unspecified atom stereocenters. The van der Waals surface area contributed by atoms with Gasteiger partial charge in [0.05, 0.1) is 12.4 Å². The molecule has 1 amide bonds. The maximum Gasteiger partial charge on any atom is 0.275 e. The van der Waals surface area contributed by atoms with Crippen LogP contribution in [0.1, 0.15) is 34.5 Å². The number of nitrogens with one attached hydrogen (secondary N) is 1. The van der Waals surface area contributed by atoms with Crippen LogP contribution >= 0.6 is 0 Å². The fourth-order valence-electron chi connectivity index (χ4n) is 2.69. The summed E-state index contributed by atoms with van der Waals surface area (Å²) in [5.41, 5.74) is 3.35. The number of anilines is 2. The monoisotopic (exact) mass is 296 g/mol. The lowest BCUT2D eigenvalue weighted by atomic mass is 10.1. The Hall–Kier alpha value is -2.43. The van der Waals surface area contributed by atoms with Crippen molar-refractivity contribution < 1.29 is 4.79 Å². The molecule has 1 aliphatic heterocycles. The summed E-state index contributed by atoms with van der Waals surface area (Å²) in [5, 5.41) is 2.89. The first-order chi connectivity index (χ1) is 10.6. The van der Waals surface area contributed by atoms with E-state index in [1.807, 2.05) is 32.0 Å². The molecule has 1 fully saturated rings. The van der Waals surface area contributed by atoms with Crippen LogP contribution in [-0.4, -0.2) is 29.0 Å². The van der Waals surface area contributed by atoms with E-state index >= 15 is 0 Å². The minimum Gasteiger partial charge on any atom is -0.355 e. The van der Waals surface area contributed by atoms with E-state index in [9.17, 15) is 4.79 Å². The van der Waals surface area contributed by atoms with E-state index in [1.54, 1.807) is 12.4 Å². The molecule has 2 heterocycles. The summed E-state index contributed by atoms with van der Waals surface area (Å²) in [4.78, 5) is 23.1. The zero-order valence-electron chi connectivity index (χ0n) is 13.0. The molecule has 0 spiro atoms. The highest BCUT2D eigenvalue weighted by atomic mass is 16.1. The summed E-state index contributed by atoms with van der Waals surface area (Å²) in [7, 11) is 0. The smallest absolute Gasteiger partial charge is 0.275 e. The minimum atomic E-state index is -0.229. The quantitative estimate of drug-likeness (QED) is 0.946. The first kappa shape index (κ1) is 14.5. The second-order valence-electron chi connectivity index (χ2n) is 5.73. The van der Waals surface area contributed by atoms with Gasteiger partial charge in [0.15, 0.2) is 0 Å². The molecule has 0 atom stereocenters. The van der Waals surface area contributed by atoms with Gasteiger partial charge >= 0.3 is 0 Å². The van der Waals surface area contributed by atoms with Crippen molar-refractivity contribution in [1.29, 1.82) is 0 Å². The predicted octanol–water partition coefficient (Wildman–Crippen LogP) is 2.95. The molecule has 1 aliphatic rings. The predicted molar refractivity (Wildman–Crippen MR) is 87.3 cm³/mol. The van der Waals surface area contributed by atoms with Crippen molar-refractivity contribution in [2.75, 3.05) is 23.3 Å². The third-order valence-corrected chi connectivity index (χ3v) is 3.93. The Morgan fingerprint density at radius 2 is 1.91 bits per heavy atom. The van der Waals surface area contributed by atoms with Crippen molar-refractivity contribution in [3.63, 3.8) is 0 Å². The molecule has 2 aromatic rings. The maximum atomic E-state index is 12.3. The van der Waals surface area contributed by atoms with Gasteiger partial charge in [-0.2, -0.15) is 0 Å². The van der Waals surface area contributed by atoms with Gasteiger partial charge in [-0.05, 0) is 38.3 Å². The maximum absolute atomic E-state index is 12.3. The van der Waals surface area contributed by atoms with Gasteiger partial charge in [-0.3, -0.25) is 4.79 Å². The van der Waals surface area contributed by atoms with E-state index in [2.05, 4.69) is 20.2 Å². The number of hydrogen-bond acceptors (Lipinski definition) is 4. The molecular weight excluding hydrogens is 276 g/mol. The average molecular weight is 296 g/mol. The Kier molecular flexibility index (Phi) is 4.04. The third kappa shape index (κ3) is 3.08. The second-order valence-corrected chi connectivity index (χ2v) is 5.73. The number of aryl methyl sites for hydroxylation is 2. The lowest BCUT2D eigenvalue weighted by Crippen LogP contribution is -2.20. The molecule has 1 saturated heterocycles. The van der Waals surface area contributed by atoms with Gasteiger partial charge in [0.2, 0.25) is 0 Å². The molecule has 22 heavy (non-hydrogen) atoms. The average Bonchev–Trinajstić information content (AvgIpc) is 3.04. The number of hydrogen-bond donors (Lipinski definition) is 1. The van der Waals surface area contributed by atoms with Crippen LogP contribution in [0.2, 0.25) is 0 Å². The SMILES string of the molecule is Cc1ccc(NC(=O)c2cnc(N3CCCC3)cn2)c(C)c1. The third-order valence-electron chi connectivity index (χ3n) is 3.93. The van der Waals surface area contributed by atoms with Crippen molar-refractivity contribution >= 4 is 17.4 Å². The van der Waals surface area contributed by atoms with Crippen LogP contribution in [0.15, 0.2) is 30.6 Å². The van der Waals surface area contributed by atoms with Crippen LogP contribution in [0, 0.1) is 13.8 Å². The molecule has 1 aromatic heterocycles. The van der Waals surface area contributed by atoms with E-state index in [0.717, 1.165) is 30.2 Å². The molecule has 0 aliphatic carbocycles. The number of carbonyl (C=O) groups excluding carboxylic acids is 1.